The Kier molecular flexibility index (Phi) is 7.74. The van der Waals surface area contributed by atoms with Gasteiger partial charge in [-0.05, 0) is 45.3 Å². The number of likely N-dealkylation sites (tertiary alicyclic amines) is 1. The van der Waals surface area contributed by atoms with Crippen molar-refractivity contribution in [2.45, 2.75) is 46.2 Å². The second-order valence-corrected chi connectivity index (χ2v) is 8.09. The summed E-state index contributed by atoms with van der Waals surface area (Å²) >= 11 is 6.53. The number of piperidine rings is 1. The molecule has 0 radical (unpaired) electrons. The smallest absolute Gasteiger partial charge is 0.409 e. The van der Waals surface area contributed by atoms with Crippen molar-refractivity contribution < 1.29 is 14.3 Å². The number of aromatic nitrogens is 2. The SMILES string of the molecule is CCOC(=O)N1CCC(NC(=O)/C=C/c2c(C)nn(Cc3ccc(C)cc3)c2Cl)CC1. The van der Waals surface area contributed by atoms with E-state index in [-0.39, 0.29) is 18.0 Å². The molecule has 0 aliphatic carbocycles. The molecule has 0 bridgehead atoms. The maximum Gasteiger partial charge on any atom is 0.409 e. The Labute approximate surface area is 188 Å². The third-order valence-corrected chi connectivity index (χ3v) is 5.73. The zero-order valence-corrected chi connectivity index (χ0v) is 19.0. The number of halogens is 1. The second-order valence-electron chi connectivity index (χ2n) is 7.74. The summed E-state index contributed by atoms with van der Waals surface area (Å²) < 4.78 is 6.76. The molecule has 8 heteroatoms. The van der Waals surface area contributed by atoms with E-state index >= 15 is 0 Å². The van der Waals surface area contributed by atoms with Crippen molar-refractivity contribution in [3.63, 3.8) is 0 Å². The molecule has 31 heavy (non-hydrogen) atoms. The number of benzene rings is 1. The van der Waals surface area contributed by atoms with Gasteiger partial charge in [-0.2, -0.15) is 5.10 Å². The lowest BCUT2D eigenvalue weighted by atomic mass is 10.1. The van der Waals surface area contributed by atoms with Gasteiger partial charge in [0.15, 0.2) is 0 Å². The van der Waals surface area contributed by atoms with Crippen molar-refractivity contribution in [2.75, 3.05) is 19.7 Å². The molecule has 7 nitrogen and oxygen atoms in total. The van der Waals surface area contributed by atoms with Gasteiger partial charge in [-0.15, -0.1) is 0 Å². The second kappa shape index (κ2) is 10.5. The lowest BCUT2D eigenvalue weighted by Crippen LogP contribution is -2.46. The summed E-state index contributed by atoms with van der Waals surface area (Å²) in [5.74, 6) is -0.184. The molecule has 1 aromatic carbocycles. The molecule has 0 unspecified atom stereocenters. The number of hydrogen-bond donors (Lipinski definition) is 1. The van der Waals surface area contributed by atoms with Gasteiger partial charge in [-0.1, -0.05) is 41.4 Å². The minimum Gasteiger partial charge on any atom is -0.450 e. The molecule has 0 saturated carbocycles. The molecule has 2 heterocycles. The number of carbonyl (C=O) groups excluding carboxylic acids is 2. The van der Waals surface area contributed by atoms with Crippen molar-refractivity contribution in [2.24, 2.45) is 0 Å². The number of rotatable bonds is 6. The summed E-state index contributed by atoms with van der Waals surface area (Å²) in [5, 5.41) is 8.01. The predicted molar refractivity (Wildman–Crippen MR) is 121 cm³/mol. The van der Waals surface area contributed by atoms with Crippen LogP contribution in [0.15, 0.2) is 30.3 Å². The highest BCUT2D eigenvalue weighted by Crippen LogP contribution is 2.22. The zero-order valence-electron chi connectivity index (χ0n) is 18.2. The van der Waals surface area contributed by atoms with Crippen molar-refractivity contribution in [3.8, 4) is 0 Å². The van der Waals surface area contributed by atoms with E-state index in [1.165, 1.54) is 11.6 Å². The first-order chi connectivity index (χ1) is 14.9. The van der Waals surface area contributed by atoms with E-state index < -0.39 is 0 Å². The molecule has 0 atom stereocenters. The molecule has 166 valence electrons. The molecule has 1 saturated heterocycles. The maximum atomic E-state index is 12.4. The highest BCUT2D eigenvalue weighted by molar-refractivity contribution is 6.31. The van der Waals surface area contributed by atoms with Gasteiger partial charge in [-0.25, -0.2) is 9.48 Å². The minimum atomic E-state index is -0.292. The Hall–Kier alpha value is -2.80. The van der Waals surface area contributed by atoms with E-state index in [1.807, 2.05) is 13.8 Å². The van der Waals surface area contributed by atoms with Gasteiger partial charge in [0, 0.05) is 30.8 Å². The van der Waals surface area contributed by atoms with Crippen LogP contribution in [-0.2, 0) is 16.1 Å². The quantitative estimate of drug-likeness (QED) is 0.684. The van der Waals surface area contributed by atoms with Gasteiger partial charge in [0.25, 0.3) is 0 Å². The average Bonchev–Trinajstić information content (AvgIpc) is 3.01. The molecule has 0 spiro atoms. The lowest BCUT2D eigenvalue weighted by molar-refractivity contribution is -0.117. The Balaban J connectivity index is 1.55. The Bertz CT molecular complexity index is 944. The van der Waals surface area contributed by atoms with Crippen LogP contribution in [0.4, 0.5) is 4.79 Å². The van der Waals surface area contributed by atoms with Gasteiger partial charge in [0.1, 0.15) is 5.15 Å². The molecular formula is C23H29ClN4O3. The number of aryl methyl sites for hydroxylation is 2. The van der Waals surface area contributed by atoms with Crippen molar-refractivity contribution in [3.05, 3.63) is 57.9 Å². The van der Waals surface area contributed by atoms with Crippen LogP contribution in [0.25, 0.3) is 6.08 Å². The van der Waals surface area contributed by atoms with Crippen LogP contribution in [0.3, 0.4) is 0 Å². The molecule has 3 rings (SSSR count). The van der Waals surface area contributed by atoms with E-state index in [9.17, 15) is 9.59 Å². The number of nitrogens with one attached hydrogen (secondary N) is 1. The molecule has 1 aliphatic rings. The fraction of sp³-hybridized carbons (Fsp3) is 0.435. The number of nitrogens with zero attached hydrogens (tertiary/aromatic N) is 3. The van der Waals surface area contributed by atoms with Crippen LogP contribution >= 0.6 is 11.6 Å². The summed E-state index contributed by atoms with van der Waals surface area (Å²) in [5.41, 5.74) is 3.81. The van der Waals surface area contributed by atoms with Gasteiger partial charge >= 0.3 is 6.09 Å². The number of ether oxygens (including phenoxy) is 1. The Morgan fingerprint density at radius 3 is 2.55 bits per heavy atom. The zero-order chi connectivity index (χ0) is 22.4. The fourth-order valence-electron chi connectivity index (χ4n) is 3.56. The first-order valence-corrected chi connectivity index (χ1v) is 10.9. The lowest BCUT2D eigenvalue weighted by Gasteiger charge is -2.31. The summed E-state index contributed by atoms with van der Waals surface area (Å²) in [6, 6.07) is 8.26. The highest BCUT2D eigenvalue weighted by atomic mass is 35.5. The number of hydrogen-bond acceptors (Lipinski definition) is 4. The van der Waals surface area contributed by atoms with E-state index in [2.05, 4.69) is 34.7 Å². The normalized spacial score (nSPS) is 14.8. The molecular weight excluding hydrogens is 416 g/mol. The standard InChI is InChI=1S/C23H29ClN4O3/c1-4-31-23(30)27-13-11-19(12-14-27)25-21(29)10-9-20-17(3)26-28(22(20)24)15-18-7-5-16(2)6-8-18/h5-10,19H,4,11-15H2,1-3H3,(H,25,29)/b10-9+. The fourth-order valence-corrected chi connectivity index (χ4v) is 3.85. The topological polar surface area (TPSA) is 76.5 Å². The molecule has 1 aliphatic heterocycles. The Morgan fingerprint density at radius 1 is 1.23 bits per heavy atom. The number of carbonyl (C=O) groups is 2. The average molecular weight is 445 g/mol. The summed E-state index contributed by atoms with van der Waals surface area (Å²) in [6.07, 6.45) is 4.31. The number of amides is 2. The summed E-state index contributed by atoms with van der Waals surface area (Å²) in [6.45, 7) is 7.79. The van der Waals surface area contributed by atoms with Crippen molar-refractivity contribution >= 4 is 29.7 Å². The summed E-state index contributed by atoms with van der Waals surface area (Å²) in [7, 11) is 0. The van der Waals surface area contributed by atoms with Crippen LogP contribution in [0.5, 0.6) is 0 Å². The monoisotopic (exact) mass is 444 g/mol. The van der Waals surface area contributed by atoms with E-state index in [0.29, 0.717) is 44.2 Å². The third kappa shape index (κ3) is 6.10. The third-order valence-electron chi connectivity index (χ3n) is 5.33. The maximum absolute atomic E-state index is 12.4. The van der Waals surface area contributed by atoms with Crippen molar-refractivity contribution in [1.29, 1.82) is 0 Å². The van der Waals surface area contributed by atoms with Crippen LogP contribution < -0.4 is 5.32 Å². The first-order valence-electron chi connectivity index (χ1n) is 10.6. The van der Waals surface area contributed by atoms with Gasteiger partial charge in [0.2, 0.25) is 5.91 Å². The first kappa shape index (κ1) is 22.9. The molecule has 1 N–H and O–H groups in total. The van der Waals surface area contributed by atoms with Gasteiger partial charge in [0.05, 0.1) is 18.8 Å². The predicted octanol–water partition coefficient (Wildman–Crippen LogP) is 3.95. The van der Waals surface area contributed by atoms with Crippen LogP contribution in [0, 0.1) is 13.8 Å². The van der Waals surface area contributed by atoms with Crippen LogP contribution in [0.2, 0.25) is 5.15 Å². The molecule has 2 amide bonds. The van der Waals surface area contributed by atoms with E-state index in [4.69, 9.17) is 16.3 Å². The summed E-state index contributed by atoms with van der Waals surface area (Å²) in [4.78, 5) is 25.8. The molecule has 2 aromatic rings. The van der Waals surface area contributed by atoms with E-state index in [1.54, 1.807) is 22.6 Å². The van der Waals surface area contributed by atoms with Crippen molar-refractivity contribution in [1.82, 2.24) is 20.0 Å². The van der Waals surface area contributed by atoms with Crippen LogP contribution in [0.1, 0.15) is 42.1 Å². The van der Waals surface area contributed by atoms with Gasteiger partial charge in [-0.3, -0.25) is 4.79 Å². The van der Waals surface area contributed by atoms with E-state index in [0.717, 1.165) is 16.8 Å². The van der Waals surface area contributed by atoms with Gasteiger partial charge < -0.3 is 15.0 Å². The largest absolute Gasteiger partial charge is 0.450 e. The Morgan fingerprint density at radius 2 is 1.90 bits per heavy atom. The molecule has 1 aromatic heterocycles. The van der Waals surface area contributed by atoms with Crippen LogP contribution in [-0.4, -0.2) is 52.4 Å². The molecule has 1 fully saturated rings. The highest BCUT2D eigenvalue weighted by Gasteiger charge is 2.24. The minimum absolute atomic E-state index is 0.0312.